The fourth-order valence-electron chi connectivity index (χ4n) is 0.942. The summed E-state index contributed by atoms with van der Waals surface area (Å²) < 4.78 is 0. The highest BCUT2D eigenvalue weighted by Gasteiger charge is 2.10. The van der Waals surface area contributed by atoms with Crippen LogP contribution in [-0.2, 0) is 0 Å². The van der Waals surface area contributed by atoms with Crippen LogP contribution in [0.4, 0.5) is 0 Å². The molecule has 0 saturated heterocycles. The number of nitrogens with two attached hydrogens (primary N) is 1. The number of primary amides is 1. The fraction of sp³-hybridized carbons (Fsp3) is 0. The summed E-state index contributed by atoms with van der Waals surface area (Å²) >= 11 is 1.44. The number of amides is 1. The van der Waals surface area contributed by atoms with Crippen molar-refractivity contribution in [1.82, 2.24) is 0 Å². The van der Waals surface area contributed by atoms with Gasteiger partial charge < -0.3 is 5.73 Å². The highest BCUT2D eigenvalue weighted by Crippen LogP contribution is 2.24. The van der Waals surface area contributed by atoms with Crippen LogP contribution in [0.25, 0.3) is 12.2 Å². The standard InChI is InChI=1S/C9H9NOS/c1-3-6-7(9(10)11)5-12-8(6)4-2/h3-5H,1-2H2,(H2,10,11). The number of carbonyl (C=O) groups is 1. The topological polar surface area (TPSA) is 43.1 Å². The summed E-state index contributed by atoms with van der Waals surface area (Å²) in [7, 11) is 0. The number of thiophene rings is 1. The smallest absolute Gasteiger partial charge is 0.250 e. The van der Waals surface area contributed by atoms with Crippen LogP contribution in [0.5, 0.6) is 0 Å². The van der Waals surface area contributed by atoms with Crippen molar-refractivity contribution in [3.63, 3.8) is 0 Å². The largest absolute Gasteiger partial charge is 0.366 e. The Balaban J connectivity index is 3.31. The van der Waals surface area contributed by atoms with E-state index in [2.05, 4.69) is 13.2 Å². The Morgan fingerprint density at radius 3 is 2.58 bits per heavy atom. The van der Waals surface area contributed by atoms with Crippen molar-refractivity contribution in [2.24, 2.45) is 5.73 Å². The maximum absolute atomic E-state index is 10.9. The molecule has 1 rings (SSSR count). The normalized spacial score (nSPS) is 9.33. The van der Waals surface area contributed by atoms with E-state index < -0.39 is 5.91 Å². The van der Waals surface area contributed by atoms with Crippen LogP contribution in [0.3, 0.4) is 0 Å². The number of hydrogen-bond acceptors (Lipinski definition) is 2. The number of rotatable bonds is 3. The molecule has 0 aliphatic heterocycles. The molecule has 2 nitrogen and oxygen atoms in total. The molecular weight excluding hydrogens is 170 g/mol. The Kier molecular flexibility index (Phi) is 2.45. The van der Waals surface area contributed by atoms with Crippen LogP contribution in [0.1, 0.15) is 20.8 Å². The average Bonchev–Trinajstić information content (AvgIpc) is 2.46. The molecule has 1 amide bonds. The Labute approximate surface area is 75.0 Å². The Hall–Kier alpha value is -1.35. The van der Waals surface area contributed by atoms with E-state index in [-0.39, 0.29) is 0 Å². The third-order valence-corrected chi connectivity index (χ3v) is 2.51. The SMILES string of the molecule is C=Cc1scc(C(N)=O)c1C=C. The van der Waals surface area contributed by atoms with Gasteiger partial charge in [-0.15, -0.1) is 11.3 Å². The molecule has 0 bridgehead atoms. The van der Waals surface area contributed by atoms with Crippen LogP contribution in [0, 0.1) is 0 Å². The molecule has 0 aliphatic rings. The Morgan fingerprint density at radius 2 is 2.17 bits per heavy atom. The van der Waals surface area contributed by atoms with E-state index >= 15 is 0 Å². The van der Waals surface area contributed by atoms with E-state index in [1.807, 2.05) is 0 Å². The third kappa shape index (κ3) is 1.31. The predicted molar refractivity (Wildman–Crippen MR) is 53.0 cm³/mol. The molecule has 2 N–H and O–H groups in total. The molecule has 0 saturated carbocycles. The monoisotopic (exact) mass is 179 g/mol. The van der Waals surface area contributed by atoms with Crippen molar-refractivity contribution < 1.29 is 4.79 Å². The number of hydrogen-bond donors (Lipinski definition) is 1. The minimum Gasteiger partial charge on any atom is -0.366 e. The lowest BCUT2D eigenvalue weighted by Crippen LogP contribution is -2.10. The predicted octanol–water partition coefficient (Wildman–Crippen LogP) is 2.13. The molecular formula is C9H9NOS. The van der Waals surface area contributed by atoms with Crippen molar-refractivity contribution in [1.29, 1.82) is 0 Å². The molecule has 0 fully saturated rings. The number of carbonyl (C=O) groups excluding carboxylic acids is 1. The summed E-state index contributed by atoms with van der Waals surface area (Å²) in [4.78, 5) is 11.8. The zero-order chi connectivity index (χ0) is 9.14. The Bertz CT molecular complexity index is 338. The van der Waals surface area contributed by atoms with Gasteiger partial charge in [0.05, 0.1) is 5.56 Å². The summed E-state index contributed by atoms with van der Waals surface area (Å²) in [5, 5.41) is 1.72. The van der Waals surface area contributed by atoms with Gasteiger partial charge in [0.25, 0.3) is 0 Å². The maximum atomic E-state index is 10.9. The van der Waals surface area contributed by atoms with E-state index in [9.17, 15) is 4.79 Å². The van der Waals surface area contributed by atoms with Gasteiger partial charge in [0, 0.05) is 15.8 Å². The lowest BCUT2D eigenvalue weighted by molar-refractivity contribution is 0.100. The zero-order valence-electron chi connectivity index (χ0n) is 6.54. The zero-order valence-corrected chi connectivity index (χ0v) is 7.36. The maximum Gasteiger partial charge on any atom is 0.250 e. The van der Waals surface area contributed by atoms with Gasteiger partial charge in [0.15, 0.2) is 0 Å². The molecule has 0 atom stereocenters. The first-order valence-electron chi connectivity index (χ1n) is 3.37. The highest BCUT2D eigenvalue weighted by atomic mass is 32.1. The quantitative estimate of drug-likeness (QED) is 0.759. The van der Waals surface area contributed by atoms with E-state index in [0.717, 1.165) is 10.4 Å². The first kappa shape index (κ1) is 8.74. The van der Waals surface area contributed by atoms with Crippen LogP contribution in [0.2, 0.25) is 0 Å². The van der Waals surface area contributed by atoms with Gasteiger partial charge in [-0.2, -0.15) is 0 Å². The second-order valence-electron chi connectivity index (χ2n) is 2.20. The minimum atomic E-state index is -0.422. The van der Waals surface area contributed by atoms with Crippen LogP contribution < -0.4 is 5.73 Å². The summed E-state index contributed by atoms with van der Waals surface area (Å²) in [5.41, 5.74) is 6.44. The summed E-state index contributed by atoms with van der Waals surface area (Å²) in [6, 6.07) is 0. The van der Waals surface area contributed by atoms with Gasteiger partial charge >= 0.3 is 0 Å². The summed E-state index contributed by atoms with van der Waals surface area (Å²) in [6.45, 7) is 7.23. The average molecular weight is 179 g/mol. The van der Waals surface area contributed by atoms with Gasteiger partial charge in [-0.05, 0) is 0 Å². The molecule has 3 heteroatoms. The van der Waals surface area contributed by atoms with Gasteiger partial charge in [-0.3, -0.25) is 4.79 Å². The molecule has 1 aromatic heterocycles. The molecule has 0 aromatic carbocycles. The van der Waals surface area contributed by atoms with Crippen molar-refractivity contribution in [2.75, 3.05) is 0 Å². The molecule has 0 unspecified atom stereocenters. The second kappa shape index (κ2) is 3.36. The lowest BCUT2D eigenvalue weighted by Gasteiger charge is -1.93. The fourth-order valence-corrected chi connectivity index (χ4v) is 1.85. The summed E-state index contributed by atoms with van der Waals surface area (Å²) in [5.74, 6) is -0.422. The van der Waals surface area contributed by atoms with Gasteiger partial charge in [-0.25, -0.2) is 0 Å². The van der Waals surface area contributed by atoms with E-state index in [1.54, 1.807) is 17.5 Å². The van der Waals surface area contributed by atoms with Crippen LogP contribution in [0.15, 0.2) is 18.5 Å². The molecule has 1 heterocycles. The third-order valence-electron chi connectivity index (χ3n) is 1.51. The van der Waals surface area contributed by atoms with Crippen LogP contribution >= 0.6 is 11.3 Å². The van der Waals surface area contributed by atoms with Crippen molar-refractivity contribution >= 4 is 29.4 Å². The molecule has 62 valence electrons. The summed E-state index contributed by atoms with van der Waals surface area (Å²) in [6.07, 6.45) is 3.31. The highest BCUT2D eigenvalue weighted by molar-refractivity contribution is 7.11. The van der Waals surface area contributed by atoms with Crippen molar-refractivity contribution in [2.45, 2.75) is 0 Å². The molecule has 0 radical (unpaired) electrons. The van der Waals surface area contributed by atoms with Gasteiger partial charge in [0.1, 0.15) is 0 Å². The van der Waals surface area contributed by atoms with Crippen molar-refractivity contribution in [3.8, 4) is 0 Å². The Morgan fingerprint density at radius 1 is 1.50 bits per heavy atom. The van der Waals surface area contributed by atoms with Gasteiger partial charge in [0.2, 0.25) is 5.91 Å². The molecule has 1 aromatic rings. The lowest BCUT2D eigenvalue weighted by atomic mass is 10.1. The molecule has 0 aliphatic carbocycles. The van der Waals surface area contributed by atoms with E-state index in [0.29, 0.717) is 5.56 Å². The molecule has 12 heavy (non-hydrogen) atoms. The first-order valence-corrected chi connectivity index (χ1v) is 4.24. The van der Waals surface area contributed by atoms with E-state index in [1.165, 1.54) is 11.3 Å². The molecule has 0 spiro atoms. The first-order chi connectivity index (χ1) is 5.70. The second-order valence-corrected chi connectivity index (χ2v) is 3.11. The van der Waals surface area contributed by atoms with Crippen molar-refractivity contribution in [3.05, 3.63) is 34.5 Å². The van der Waals surface area contributed by atoms with E-state index in [4.69, 9.17) is 5.73 Å². The van der Waals surface area contributed by atoms with Crippen LogP contribution in [-0.4, -0.2) is 5.91 Å². The van der Waals surface area contributed by atoms with Gasteiger partial charge in [-0.1, -0.05) is 25.3 Å². The minimum absolute atomic E-state index is 0.422.